The zero-order valence-corrected chi connectivity index (χ0v) is 17.4. The molecular weight excluding hydrogens is 398 g/mol. The van der Waals surface area contributed by atoms with Gasteiger partial charge in [-0.1, -0.05) is 42.5 Å². The fraction of sp³-hybridized carbons (Fsp3) is 0.348. The van der Waals surface area contributed by atoms with E-state index in [9.17, 15) is 14.4 Å². The number of rotatable bonds is 6. The van der Waals surface area contributed by atoms with E-state index in [0.29, 0.717) is 30.6 Å². The monoisotopic (exact) mass is 423 g/mol. The first-order valence-electron chi connectivity index (χ1n) is 10.2. The van der Waals surface area contributed by atoms with Gasteiger partial charge in [-0.15, -0.1) is 0 Å². The van der Waals surface area contributed by atoms with Gasteiger partial charge in [-0.2, -0.15) is 0 Å². The van der Waals surface area contributed by atoms with Crippen LogP contribution >= 0.6 is 0 Å². The molecule has 0 spiro atoms. The Labute approximate surface area is 179 Å². The van der Waals surface area contributed by atoms with Gasteiger partial charge in [0.15, 0.2) is 11.1 Å². The quantitative estimate of drug-likeness (QED) is 0.609. The Hall–Kier alpha value is -3.39. The van der Waals surface area contributed by atoms with Crippen molar-refractivity contribution in [1.29, 1.82) is 0 Å². The highest BCUT2D eigenvalue weighted by molar-refractivity contribution is 5.89. The molecule has 3 aromatic rings. The summed E-state index contributed by atoms with van der Waals surface area (Å²) in [5, 5.41) is 2.87. The lowest BCUT2D eigenvalue weighted by molar-refractivity contribution is -0.154. The van der Waals surface area contributed by atoms with Crippen LogP contribution in [0.4, 0.5) is 0 Å². The number of carbonyl (C=O) groups excluding carboxylic acids is 2. The molecule has 162 valence electrons. The molecule has 1 aromatic heterocycles. The molecule has 4 rings (SSSR count). The summed E-state index contributed by atoms with van der Waals surface area (Å²) in [4.78, 5) is 40.0. The second-order valence-electron chi connectivity index (χ2n) is 7.84. The number of likely N-dealkylation sites (tertiary alicyclic amines) is 1. The van der Waals surface area contributed by atoms with Crippen LogP contribution in [0.5, 0.6) is 0 Å². The van der Waals surface area contributed by atoms with Gasteiger partial charge in [0.05, 0.1) is 12.6 Å². The van der Waals surface area contributed by atoms with Crippen molar-refractivity contribution in [3.05, 3.63) is 70.7 Å². The fourth-order valence-electron chi connectivity index (χ4n) is 4.25. The Morgan fingerprint density at radius 1 is 1.13 bits per heavy atom. The van der Waals surface area contributed by atoms with Crippen molar-refractivity contribution in [2.24, 2.45) is 0 Å². The molecular formula is C23H25N3O5. The van der Waals surface area contributed by atoms with Crippen molar-refractivity contribution in [2.45, 2.75) is 31.5 Å². The second kappa shape index (κ2) is 8.77. The van der Waals surface area contributed by atoms with E-state index in [-0.39, 0.29) is 6.54 Å². The first kappa shape index (κ1) is 20.9. The summed E-state index contributed by atoms with van der Waals surface area (Å²) < 4.78 is 11.5. The summed E-state index contributed by atoms with van der Waals surface area (Å²) in [6.45, 7) is 1.57. The average molecular weight is 423 g/mol. The van der Waals surface area contributed by atoms with E-state index >= 15 is 0 Å². The number of amides is 1. The maximum Gasteiger partial charge on any atom is 0.420 e. The number of carbonyl (C=O) groups is 2. The second-order valence-corrected chi connectivity index (χ2v) is 7.84. The number of hydrogen-bond donors (Lipinski definition) is 1. The number of piperidine rings is 1. The number of para-hydroxylation sites is 2. The highest BCUT2D eigenvalue weighted by Crippen LogP contribution is 2.24. The van der Waals surface area contributed by atoms with E-state index in [0.717, 1.165) is 18.5 Å². The van der Waals surface area contributed by atoms with Gasteiger partial charge < -0.3 is 14.5 Å². The number of oxazole rings is 1. The minimum atomic E-state index is -1.16. The van der Waals surface area contributed by atoms with Crippen LogP contribution in [0, 0.1) is 0 Å². The summed E-state index contributed by atoms with van der Waals surface area (Å²) in [6, 6.07) is 16.9. The molecule has 1 saturated heterocycles. The third-order valence-corrected chi connectivity index (χ3v) is 5.65. The molecule has 2 aromatic carbocycles. The predicted molar refractivity (Wildman–Crippen MR) is 114 cm³/mol. The normalized spacial score (nSPS) is 19.3. The summed E-state index contributed by atoms with van der Waals surface area (Å²) in [7, 11) is 1.32. The minimum Gasteiger partial charge on any atom is -0.467 e. The van der Waals surface area contributed by atoms with Crippen LogP contribution in [0.25, 0.3) is 11.1 Å². The smallest absolute Gasteiger partial charge is 0.420 e. The summed E-state index contributed by atoms with van der Waals surface area (Å²) in [6.07, 6.45) is 1.20. The molecule has 0 saturated carbocycles. The molecule has 8 nitrogen and oxygen atoms in total. The van der Waals surface area contributed by atoms with Crippen LogP contribution < -0.4 is 11.1 Å². The highest BCUT2D eigenvalue weighted by Gasteiger charge is 2.44. The van der Waals surface area contributed by atoms with E-state index in [1.54, 1.807) is 24.3 Å². The van der Waals surface area contributed by atoms with Gasteiger partial charge in [0.25, 0.3) is 0 Å². The number of nitrogens with zero attached hydrogens (tertiary/aromatic N) is 2. The molecule has 0 unspecified atom stereocenters. The van der Waals surface area contributed by atoms with Crippen LogP contribution in [0.15, 0.2) is 63.8 Å². The maximum absolute atomic E-state index is 12.9. The van der Waals surface area contributed by atoms with Crippen LogP contribution in [0.1, 0.15) is 18.4 Å². The van der Waals surface area contributed by atoms with E-state index in [1.165, 1.54) is 11.7 Å². The van der Waals surface area contributed by atoms with Gasteiger partial charge in [-0.25, -0.2) is 9.59 Å². The van der Waals surface area contributed by atoms with Crippen LogP contribution in [-0.2, 0) is 27.4 Å². The number of aromatic nitrogens is 1. The summed E-state index contributed by atoms with van der Waals surface area (Å²) in [5.74, 6) is -1.54. The van der Waals surface area contributed by atoms with Crippen molar-refractivity contribution in [3.63, 3.8) is 0 Å². The van der Waals surface area contributed by atoms with E-state index in [1.807, 2.05) is 30.3 Å². The number of fused-ring (bicyclic) bond motifs is 1. The van der Waals surface area contributed by atoms with Crippen molar-refractivity contribution >= 4 is 23.0 Å². The van der Waals surface area contributed by atoms with Crippen molar-refractivity contribution < 1.29 is 18.7 Å². The number of nitrogens with one attached hydrogen (secondary N) is 1. The molecule has 1 fully saturated rings. The largest absolute Gasteiger partial charge is 0.467 e. The lowest BCUT2D eigenvalue weighted by atomic mass is 9.88. The Morgan fingerprint density at radius 3 is 2.65 bits per heavy atom. The van der Waals surface area contributed by atoms with Gasteiger partial charge in [0.1, 0.15) is 6.54 Å². The number of hydrogen-bond acceptors (Lipinski definition) is 6. The zero-order valence-electron chi connectivity index (χ0n) is 17.4. The van der Waals surface area contributed by atoms with Crippen LogP contribution in [0.2, 0.25) is 0 Å². The Bertz CT molecular complexity index is 1140. The lowest BCUT2D eigenvalue weighted by Gasteiger charge is -2.41. The summed E-state index contributed by atoms with van der Waals surface area (Å²) in [5.41, 5.74) is 0.909. The van der Waals surface area contributed by atoms with Crippen molar-refractivity contribution in [2.75, 3.05) is 20.2 Å². The molecule has 1 amide bonds. The van der Waals surface area contributed by atoms with Crippen molar-refractivity contribution in [1.82, 2.24) is 14.8 Å². The third-order valence-electron chi connectivity index (χ3n) is 5.65. The lowest BCUT2D eigenvalue weighted by Crippen LogP contribution is -2.64. The van der Waals surface area contributed by atoms with Gasteiger partial charge >= 0.3 is 11.7 Å². The predicted octanol–water partition coefficient (Wildman–Crippen LogP) is 1.92. The Morgan fingerprint density at radius 2 is 1.87 bits per heavy atom. The molecule has 0 radical (unpaired) electrons. The van der Waals surface area contributed by atoms with E-state index in [2.05, 4.69) is 10.2 Å². The molecule has 1 N–H and O–H groups in total. The molecule has 31 heavy (non-hydrogen) atoms. The van der Waals surface area contributed by atoms with E-state index < -0.39 is 23.2 Å². The maximum atomic E-state index is 12.9. The minimum absolute atomic E-state index is 0.243. The number of benzene rings is 2. The molecule has 0 bridgehead atoms. The summed E-state index contributed by atoms with van der Waals surface area (Å²) >= 11 is 0. The number of ether oxygens (including phenoxy) is 1. The van der Waals surface area contributed by atoms with Gasteiger partial charge in [0, 0.05) is 13.1 Å². The highest BCUT2D eigenvalue weighted by atomic mass is 16.5. The van der Waals surface area contributed by atoms with Crippen LogP contribution in [0.3, 0.4) is 0 Å². The van der Waals surface area contributed by atoms with Crippen molar-refractivity contribution in [3.8, 4) is 0 Å². The zero-order chi connectivity index (χ0) is 21.8. The first-order valence-corrected chi connectivity index (χ1v) is 10.2. The van der Waals surface area contributed by atoms with Gasteiger partial charge in [0.2, 0.25) is 5.91 Å². The average Bonchev–Trinajstić information content (AvgIpc) is 3.09. The molecule has 1 atom stereocenters. The SMILES string of the molecule is COC(=O)[C@]1(NC(=O)Cn2c(=O)oc3ccccc32)CCCN(Cc2ccccc2)C1. The molecule has 8 heteroatoms. The topological polar surface area (TPSA) is 93.8 Å². The fourth-order valence-corrected chi connectivity index (χ4v) is 4.25. The van der Waals surface area contributed by atoms with E-state index in [4.69, 9.17) is 9.15 Å². The third kappa shape index (κ3) is 4.39. The molecule has 0 aliphatic carbocycles. The van der Waals surface area contributed by atoms with Gasteiger partial charge in [-0.05, 0) is 37.1 Å². The Balaban J connectivity index is 1.53. The molecule has 1 aliphatic heterocycles. The Kier molecular flexibility index (Phi) is 5.90. The number of esters is 1. The first-order chi connectivity index (χ1) is 15.0. The van der Waals surface area contributed by atoms with Gasteiger partial charge in [-0.3, -0.25) is 14.3 Å². The molecule has 2 heterocycles. The molecule has 1 aliphatic rings. The van der Waals surface area contributed by atoms with Crippen LogP contribution in [-0.4, -0.2) is 47.1 Å². The number of methoxy groups -OCH3 is 1. The standard InChI is InChI=1S/C23H25N3O5/c1-30-21(28)23(12-7-13-25(16-23)14-17-8-3-2-4-9-17)24-20(27)15-26-18-10-5-6-11-19(18)31-22(26)29/h2-6,8-11H,7,12-16H2,1H3,(H,24,27)/t23-/m0/s1.